The fourth-order valence-electron chi connectivity index (χ4n) is 7.16. The van der Waals surface area contributed by atoms with Crippen LogP contribution in [0.1, 0.15) is 67.2 Å². The van der Waals surface area contributed by atoms with Crippen molar-refractivity contribution in [3.63, 3.8) is 0 Å². The highest BCUT2D eigenvalue weighted by molar-refractivity contribution is 5.79. The molecule has 0 aliphatic heterocycles. The van der Waals surface area contributed by atoms with Crippen molar-refractivity contribution in [1.82, 2.24) is 5.32 Å². The monoisotopic (exact) mass is 481 g/mol. The van der Waals surface area contributed by atoms with Gasteiger partial charge in [-0.15, -0.1) is 0 Å². The van der Waals surface area contributed by atoms with E-state index in [1.54, 1.807) is 7.11 Å². The van der Waals surface area contributed by atoms with E-state index in [1.165, 1.54) is 52.6 Å². The molecule has 186 valence electrons. The van der Waals surface area contributed by atoms with Crippen molar-refractivity contribution >= 4 is 6.09 Å². The number of ether oxygens (including phenoxy) is 2. The molecule has 0 heterocycles. The lowest BCUT2D eigenvalue weighted by Crippen LogP contribution is -2.57. The fourth-order valence-corrected chi connectivity index (χ4v) is 7.16. The molecule has 4 nitrogen and oxygen atoms in total. The van der Waals surface area contributed by atoms with E-state index in [2.05, 4.69) is 79.0 Å². The molecule has 3 aliphatic carbocycles. The summed E-state index contributed by atoms with van der Waals surface area (Å²) < 4.78 is 11.6. The number of carbonyl (C=O) groups excluding carboxylic acids is 1. The number of methoxy groups -OCH3 is 1. The van der Waals surface area contributed by atoms with Gasteiger partial charge in [-0.1, -0.05) is 80.8 Å². The van der Waals surface area contributed by atoms with E-state index in [9.17, 15) is 4.79 Å². The molecule has 36 heavy (non-hydrogen) atoms. The Bertz CT molecular complexity index is 1240. The zero-order chi connectivity index (χ0) is 24.7. The van der Waals surface area contributed by atoms with Gasteiger partial charge in [0.15, 0.2) is 0 Å². The van der Waals surface area contributed by atoms with Crippen LogP contribution in [0.4, 0.5) is 4.79 Å². The second-order valence-corrected chi connectivity index (χ2v) is 11.0. The largest absolute Gasteiger partial charge is 0.497 e. The van der Waals surface area contributed by atoms with E-state index < -0.39 is 0 Å². The minimum absolute atomic E-state index is 0.0491. The summed E-state index contributed by atoms with van der Waals surface area (Å²) in [6.07, 6.45) is 6.52. The molecular formula is C32H35NO3. The number of benzene rings is 3. The van der Waals surface area contributed by atoms with Crippen LogP contribution in [0.2, 0.25) is 0 Å². The van der Waals surface area contributed by atoms with Gasteiger partial charge in [-0.3, -0.25) is 0 Å². The lowest BCUT2D eigenvalue weighted by molar-refractivity contribution is 0.112. The summed E-state index contributed by atoms with van der Waals surface area (Å²) in [6, 6.07) is 23.5. The number of amides is 1. The van der Waals surface area contributed by atoms with E-state index in [4.69, 9.17) is 9.47 Å². The summed E-state index contributed by atoms with van der Waals surface area (Å²) >= 11 is 0. The van der Waals surface area contributed by atoms with Crippen molar-refractivity contribution in [2.24, 2.45) is 5.92 Å². The van der Waals surface area contributed by atoms with E-state index in [0.717, 1.165) is 25.0 Å². The maximum absolute atomic E-state index is 13.3. The van der Waals surface area contributed by atoms with Crippen LogP contribution >= 0.6 is 0 Å². The van der Waals surface area contributed by atoms with Crippen LogP contribution in [0.15, 0.2) is 66.7 Å². The van der Waals surface area contributed by atoms with Crippen LogP contribution < -0.4 is 10.1 Å². The number of carbonyl (C=O) groups is 1. The Hall–Kier alpha value is -3.27. The van der Waals surface area contributed by atoms with Crippen molar-refractivity contribution in [3.05, 3.63) is 89.0 Å². The van der Waals surface area contributed by atoms with E-state index >= 15 is 0 Å². The van der Waals surface area contributed by atoms with Gasteiger partial charge in [0, 0.05) is 17.4 Å². The number of hydrogen-bond acceptors (Lipinski definition) is 3. The molecule has 3 aromatic rings. The molecule has 1 fully saturated rings. The molecule has 0 radical (unpaired) electrons. The van der Waals surface area contributed by atoms with Gasteiger partial charge in [0.05, 0.1) is 7.11 Å². The molecule has 0 spiro atoms. The third-order valence-electron chi connectivity index (χ3n) is 8.96. The van der Waals surface area contributed by atoms with Crippen LogP contribution in [0.3, 0.4) is 0 Å². The second-order valence-electron chi connectivity index (χ2n) is 11.0. The quantitative estimate of drug-likeness (QED) is 0.437. The smallest absolute Gasteiger partial charge is 0.407 e. The third-order valence-corrected chi connectivity index (χ3v) is 8.96. The first-order chi connectivity index (χ1) is 17.6. The Morgan fingerprint density at radius 1 is 0.972 bits per heavy atom. The summed E-state index contributed by atoms with van der Waals surface area (Å²) in [5.74, 6) is 1.37. The van der Waals surface area contributed by atoms with Gasteiger partial charge in [-0.2, -0.15) is 0 Å². The SMILES string of the molecule is COc1ccc2c(c1)[C@@]1(C)CCCCC[C@@H](C2)[C@@H]1NC(=O)OCC1c2ccccc2-c2ccccc21. The Kier molecular flexibility index (Phi) is 5.99. The van der Waals surface area contributed by atoms with Crippen LogP contribution in [0, 0.1) is 5.92 Å². The molecule has 0 unspecified atom stereocenters. The number of alkyl carbamates (subject to hydrolysis) is 1. The molecule has 1 saturated carbocycles. The molecule has 0 aromatic heterocycles. The van der Waals surface area contributed by atoms with E-state index in [0.29, 0.717) is 12.5 Å². The molecule has 3 aromatic carbocycles. The van der Waals surface area contributed by atoms with Crippen LogP contribution in [0.25, 0.3) is 11.1 Å². The zero-order valence-corrected chi connectivity index (χ0v) is 21.3. The summed E-state index contributed by atoms with van der Waals surface area (Å²) in [6.45, 7) is 2.68. The maximum atomic E-state index is 13.3. The molecule has 1 amide bonds. The molecule has 0 saturated heterocycles. The van der Waals surface area contributed by atoms with Crippen molar-refractivity contribution in [2.45, 2.75) is 62.8 Å². The van der Waals surface area contributed by atoms with Gasteiger partial charge in [0.2, 0.25) is 0 Å². The normalized spacial score (nSPS) is 24.5. The van der Waals surface area contributed by atoms with E-state index in [1.807, 2.05) is 0 Å². The van der Waals surface area contributed by atoms with Crippen molar-refractivity contribution in [3.8, 4) is 16.9 Å². The average Bonchev–Trinajstić information content (AvgIpc) is 3.22. The summed E-state index contributed by atoms with van der Waals surface area (Å²) in [5, 5.41) is 3.38. The Labute approximate surface area is 214 Å². The van der Waals surface area contributed by atoms with Crippen LogP contribution in [0.5, 0.6) is 5.75 Å². The average molecular weight is 482 g/mol. The minimum atomic E-state index is -0.301. The first-order valence-electron chi connectivity index (χ1n) is 13.4. The van der Waals surface area contributed by atoms with Crippen molar-refractivity contribution < 1.29 is 14.3 Å². The van der Waals surface area contributed by atoms with Gasteiger partial charge >= 0.3 is 6.09 Å². The first-order valence-corrected chi connectivity index (χ1v) is 13.4. The van der Waals surface area contributed by atoms with Gasteiger partial charge in [-0.25, -0.2) is 4.79 Å². The summed E-state index contributed by atoms with van der Waals surface area (Å²) in [7, 11) is 1.72. The lowest BCUT2D eigenvalue weighted by Gasteiger charge is -2.49. The molecule has 3 aliphatic rings. The zero-order valence-electron chi connectivity index (χ0n) is 21.3. The number of fused-ring (bicyclic) bond motifs is 7. The molecule has 2 bridgehead atoms. The molecule has 3 atom stereocenters. The van der Waals surface area contributed by atoms with Gasteiger partial charge in [0.25, 0.3) is 0 Å². The number of nitrogens with one attached hydrogen (secondary N) is 1. The highest BCUT2D eigenvalue weighted by Crippen LogP contribution is 2.48. The molecule has 4 heteroatoms. The second kappa shape index (κ2) is 9.31. The van der Waals surface area contributed by atoms with Crippen LogP contribution in [-0.2, 0) is 16.6 Å². The van der Waals surface area contributed by atoms with E-state index in [-0.39, 0.29) is 23.5 Å². The van der Waals surface area contributed by atoms with Gasteiger partial charge in [-0.05, 0) is 70.7 Å². The number of hydrogen-bond donors (Lipinski definition) is 1. The Morgan fingerprint density at radius 3 is 2.42 bits per heavy atom. The highest BCUT2D eigenvalue weighted by Gasteiger charge is 2.47. The fraction of sp³-hybridized carbons (Fsp3) is 0.406. The predicted molar refractivity (Wildman–Crippen MR) is 143 cm³/mol. The Balaban J connectivity index is 1.24. The summed E-state index contributed by atoms with van der Waals surface area (Å²) in [4.78, 5) is 13.3. The molecule has 6 rings (SSSR count). The van der Waals surface area contributed by atoms with Gasteiger partial charge < -0.3 is 14.8 Å². The minimum Gasteiger partial charge on any atom is -0.497 e. The van der Waals surface area contributed by atoms with Crippen molar-refractivity contribution in [2.75, 3.05) is 13.7 Å². The summed E-state index contributed by atoms with van der Waals surface area (Å²) in [5.41, 5.74) is 7.55. The van der Waals surface area contributed by atoms with Gasteiger partial charge in [0.1, 0.15) is 12.4 Å². The lowest BCUT2D eigenvalue weighted by atomic mass is 9.59. The number of rotatable bonds is 4. The topological polar surface area (TPSA) is 47.6 Å². The highest BCUT2D eigenvalue weighted by atomic mass is 16.5. The predicted octanol–water partition coefficient (Wildman–Crippen LogP) is 7.00. The first kappa shape index (κ1) is 23.1. The molecular weight excluding hydrogens is 446 g/mol. The molecule has 1 N–H and O–H groups in total. The Morgan fingerprint density at radius 2 is 1.69 bits per heavy atom. The van der Waals surface area contributed by atoms with Crippen LogP contribution in [-0.4, -0.2) is 25.9 Å². The third kappa shape index (κ3) is 3.87. The van der Waals surface area contributed by atoms with Crippen molar-refractivity contribution in [1.29, 1.82) is 0 Å². The standard InChI is InChI=1S/C32H35NO3/c1-32-17-9-3-4-10-22(18-21-15-16-23(35-2)19-29(21)32)30(32)33-31(34)36-20-28-26-13-7-5-11-24(26)25-12-6-8-14-27(25)28/h5-8,11-16,19,22,28,30H,3-4,9-10,17-18,20H2,1-2H3,(H,33,34)/t22-,30-,32+/m0/s1. The maximum Gasteiger partial charge on any atom is 0.407 e.